The summed E-state index contributed by atoms with van der Waals surface area (Å²) in [5, 5.41) is 3.16. The molecule has 0 spiro atoms. The highest BCUT2D eigenvalue weighted by molar-refractivity contribution is 6.06. The number of nitrogens with zero attached hydrogens (tertiary/aromatic N) is 1. The van der Waals surface area contributed by atoms with Gasteiger partial charge in [0.2, 0.25) is 5.91 Å². The Morgan fingerprint density at radius 3 is 2.43 bits per heavy atom. The molecule has 0 bridgehead atoms. The lowest BCUT2D eigenvalue weighted by Crippen LogP contribution is -2.36. The molecule has 1 aliphatic heterocycles. The fourth-order valence-corrected chi connectivity index (χ4v) is 2.77. The van der Waals surface area contributed by atoms with Crippen LogP contribution in [0.15, 0.2) is 54.6 Å². The Kier molecular flexibility index (Phi) is 4.42. The number of likely N-dealkylation sites (tertiary alicyclic amines) is 1. The summed E-state index contributed by atoms with van der Waals surface area (Å²) < 4.78 is 0. The van der Waals surface area contributed by atoms with Crippen molar-refractivity contribution in [2.24, 2.45) is 0 Å². The molecule has 2 aromatic rings. The van der Waals surface area contributed by atoms with Crippen molar-refractivity contribution in [3.8, 4) is 0 Å². The molecule has 0 aromatic heterocycles. The van der Waals surface area contributed by atoms with Crippen LogP contribution >= 0.6 is 0 Å². The number of nitrogens with one attached hydrogen (secondary N) is 1. The first-order valence-electron chi connectivity index (χ1n) is 7.85. The largest absolute Gasteiger partial charge is 0.373 e. The minimum Gasteiger partial charge on any atom is -0.373 e. The van der Waals surface area contributed by atoms with Gasteiger partial charge in [0.1, 0.15) is 6.04 Å². The zero-order valence-electron chi connectivity index (χ0n) is 13.2. The van der Waals surface area contributed by atoms with Crippen molar-refractivity contribution in [1.29, 1.82) is 0 Å². The van der Waals surface area contributed by atoms with E-state index < -0.39 is 6.04 Å². The maximum absolute atomic E-state index is 12.5. The normalized spacial score (nSPS) is 17.6. The van der Waals surface area contributed by atoms with Crippen LogP contribution in [0.3, 0.4) is 0 Å². The van der Waals surface area contributed by atoms with E-state index in [1.165, 1.54) is 4.90 Å². The monoisotopic (exact) mass is 308 g/mol. The van der Waals surface area contributed by atoms with E-state index in [1.807, 2.05) is 61.5 Å². The van der Waals surface area contributed by atoms with E-state index in [9.17, 15) is 9.59 Å². The Morgan fingerprint density at radius 2 is 1.74 bits per heavy atom. The minimum atomic E-state index is -0.457. The first-order valence-corrected chi connectivity index (χ1v) is 7.85. The Balaban J connectivity index is 1.61. The number of anilines is 1. The van der Waals surface area contributed by atoms with Gasteiger partial charge in [-0.15, -0.1) is 0 Å². The van der Waals surface area contributed by atoms with Gasteiger partial charge >= 0.3 is 0 Å². The summed E-state index contributed by atoms with van der Waals surface area (Å²) in [5.41, 5.74) is 3.16. The lowest BCUT2D eigenvalue weighted by Gasteiger charge is -2.16. The van der Waals surface area contributed by atoms with Crippen molar-refractivity contribution >= 4 is 17.5 Å². The second-order valence-corrected chi connectivity index (χ2v) is 5.89. The standard InChI is InChI=1S/C19H20N2O2/c1-14-7-9-16(10-8-14)20-17-13-18(22)21(19(17)23)12-11-15-5-3-2-4-6-15/h2-10,17,20H,11-13H2,1H3/t17-/m1/s1. The molecule has 3 rings (SSSR count). The van der Waals surface area contributed by atoms with Gasteiger partial charge in [0.25, 0.3) is 5.91 Å². The Hall–Kier alpha value is -2.62. The first-order chi connectivity index (χ1) is 11.1. The third-order valence-corrected chi connectivity index (χ3v) is 4.10. The second-order valence-electron chi connectivity index (χ2n) is 5.89. The topological polar surface area (TPSA) is 49.4 Å². The fourth-order valence-electron chi connectivity index (χ4n) is 2.77. The van der Waals surface area contributed by atoms with Crippen molar-refractivity contribution in [2.45, 2.75) is 25.8 Å². The van der Waals surface area contributed by atoms with E-state index in [2.05, 4.69) is 5.32 Å². The predicted octanol–water partition coefficient (Wildman–Crippen LogP) is 2.78. The number of benzene rings is 2. The molecule has 1 N–H and O–H groups in total. The maximum atomic E-state index is 12.5. The van der Waals surface area contributed by atoms with Crippen molar-refractivity contribution in [3.63, 3.8) is 0 Å². The first kappa shape index (κ1) is 15.3. The molecular weight excluding hydrogens is 288 g/mol. The number of aryl methyl sites for hydroxylation is 1. The summed E-state index contributed by atoms with van der Waals surface area (Å²) in [6.45, 7) is 2.45. The summed E-state index contributed by atoms with van der Waals surface area (Å²) in [7, 11) is 0. The molecule has 4 nitrogen and oxygen atoms in total. The zero-order chi connectivity index (χ0) is 16.2. The number of imide groups is 1. The molecule has 1 fully saturated rings. The molecule has 118 valence electrons. The number of amides is 2. The summed E-state index contributed by atoms with van der Waals surface area (Å²) >= 11 is 0. The van der Waals surface area contributed by atoms with Crippen LogP contribution in [0.25, 0.3) is 0 Å². The van der Waals surface area contributed by atoms with Crippen LogP contribution in [0.1, 0.15) is 17.5 Å². The molecule has 23 heavy (non-hydrogen) atoms. The molecule has 2 amide bonds. The second kappa shape index (κ2) is 6.65. The lowest BCUT2D eigenvalue weighted by atomic mass is 10.1. The van der Waals surface area contributed by atoms with Crippen LogP contribution in [0.5, 0.6) is 0 Å². The zero-order valence-corrected chi connectivity index (χ0v) is 13.2. The Morgan fingerprint density at radius 1 is 1.04 bits per heavy atom. The Bertz CT molecular complexity index is 695. The van der Waals surface area contributed by atoms with E-state index in [4.69, 9.17) is 0 Å². The van der Waals surface area contributed by atoms with Gasteiger partial charge in [0, 0.05) is 12.2 Å². The van der Waals surface area contributed by atoms with E-state index in [0.717, 1.165) is 16.8 Å². The van der Waals surface area contributed by atoms with Crippen LogP contribution in [-0.2, 0) is 16.0 Å². The van der Waals surface area contributed by atoms with Crippen LogP contribution in [0.4, 0.5) is 5.69 Å². The van der Waals surface area contributed by atoms with E-state index in [-0.39, 0.29) is 18.2 Å². The van der Waals surface area contributed by atoms with Crippen molar-refractivity contribution < 1.29 is 9.59 Å². The van der Waals surface area contributed by atoms with Gasteiger partial charge in [0.05, 0.1) is 6.42 Å². The van der Waals surface area contributed by atoms with Crippen LogP contribution < -0.4 is 5.32 Å². The molecule has 0 aliphatic carbocycles. The van der Waals surface area contributed by atoms with Gasteiger partial charge in [-0.1, -0.05) is 48.0 Å². The molecule has 1 heterocycles. The highest BCUT2D eigenvalue weighted by Crippen LogP contribution is 2.19. The van der Waals surface area contributed by atoms with Gasteiger partial charge in [0.15, 0.2) is 0 Å². The van der Waals surface area contributed by atoms with E-state index in [0.29, 0.717) is 13.0 Å². The van der Waals surface area contributed by atoms with Gasteiger partial charge in [-0.25, -0.2) is 0 Å². The van der Waals surface area contributed by atoms with Crippen molar-refractivity contribution in [2.75, 3.05) is 11.9 Å². The summed E-state index contributed by atoms with van der Waals surface area (Å²) in [6, 6.07) is 17.3. The smallest absolute Gasteiger partial charge is 0.252 e. The third kappa shape index (κ3) is 3.59. The van der Waals surface area contributed by atoms with Crippen molar-refractivity contribution in [1.82, 2.24) is 4.90 Å². The van der Waals surface area contributed by atoms with Crippen molar-refractivity contribution in [3.05, 3.63) is 65.7 Å². The van der Waals surface area contributed by atoms with Gasteiger partial charge in [-0.2, -0.15) is 0 Å². The molecule has 1 atom stereocenters. The van der Waals surface area contributed by atoms with Gasteiger partial charge in [-0.3, -0.25) is 14.5 Å². The summed E-state index contributed by atoms with van der Waals surface area (Å²) in [6.07, 6.45) is 0.914. The highest BCUT2D eigenvalue weighted by atomic mass is 16.2. The quantitative estimate of drug-likeness (QED) is 0.864. The van der Waals surface area contributed by atoms with Crippen LogP contribution in [-0.4, -0.2) is 29.3 Å². The molecule has 1 saturated heterocycles. The number of hydrogen-bond donors (Lipinski definition) is 1. The SMILES string of the molecule is Cc1ccc(N[C@@H]2CC(=O)N(CCc3ccccc3)C2=O)cc1. The van der Waals surface area contributed by atoms with Gasteiger partial charge in [-0.05, 0) is 31.0 Å². The number of hydrogen-bond acceptors (Lipinski definition) is 3. The molecular formula is C19H20N2O2. The average molecular weight is 308 g/mol. The molecule has 4 heteroatoms. The summed E-state index contributed by atoms with van der Waals surface area (Å²) in [5.74, 6) is -0.234. The number of carbonyl (C=O) groups is 2. The van der Waals surface area contributed by atoms with Gasteiger partial charge < -0.3 is 5.32 Å². The van der Waals surface area contributed by atoms with Crippen LogP contribution in [0, 0.1) is 6.92 Å². The maximum Gasteiger partial charge on any atom is 0.252 e. The van der Waals surface area contributed by atoms with E-state index >= 15 is 0 Å². The minimum absolute atomic E-state index is 0.101. The average Bonchev–Trinajstić information content (AvgIpc) is 2.82. The Labute approximate surface area is 136 Å². The van der Waals surface area contributed by atoms with E-state index in [1.54, 1.807) is 0 Å². The molecule has 0 radical (unpaired) electrons. The molecule has 0 unspecified atom stereocenters. The molecule has 0 saturated carbocycles. The third-order valence-electron chi connectivity index (χ3n) is 4.10. The van der Waals surface area contributed by atoms with Crippen LogP contribution in [0.2, 0.25) is 0 Å². The number of carbonyl (C=O) groups excluding carboxylic acids is 2. The molecule has 2 aromatic carbocycles. The lowest BCUT2D eigenvalue weighted by molar-refractivity contribution is -0.138. The fraction of sp³-hybridized carbons (Fsp3) is 0.263. The predicted molar refractivity (Wildman–Crippen MR) is 90.1 cm³/mol. The highest BCUT2D eigenvalue weighted by Gasteiger charge is 2.38. The summed E-state index contributed by atoms with van der Waals surface area (Å²) in [4.78, 5) is 26.0. The molecule has 1 aliphatic rings. The number of rotatable bonds is 5.